The number of nitrogens with one attached hydrogen (secondary N) is 2. The van der Waals surface area contributed by atoms with E-state index in [0.717, 1.165) is 17.4 Å². The lowest BCUT2D eigenvalue weighted by molar-refractivity contribution is -0.159. The Hall–Kier alpha value is -4.26. The van der Waals surface area contributed by atoms with Crippen molar-refractivity contribution in [2.45, 2.75) is 88.3 Å². The van der Waals surface area contributed by atoms with Gasteiger partial charge in [-0.15, -0.1) is 0 Å². The Bertz CT molecular complexity index is 1690. The lowest BCUT2D eigenvalue weighted by atomic mass is 9.85. The van der Waals surface area contributed by atoms with Gasteiger partial charge in [0.15, 0.2) is 15.9 Å². The van der Waals surface area contributed by atoms with Gasteiger partial charge < -0.3 is 25.3 Å². The highest BCUT2D eigenvalue weighted by atomic mass is 32.2. The van der Waals surface area contributed by atoms with Crippen LogP contribution in [0.25, 0.3) is 0 Å². The molecular formula is C37H47N3O8S. The van der Waals surface area contributed by atoms with Crippen molar-refractivity contribution in [3.8, 4) is 0 Å². The summed E-state index contributed by atoms with van der Waals surface area (Å²) < 4.78 is 41.0. The minimum absolute atomic E-state index is 0.222. The maximum absolute atomic E-state index is 14.2. The van der Waals surface area contributed by atoms with Crippen molar-refractivity contribution in [2.24, 2.45) is 11.7 Å². The molecule has 0 aliphatic carbocycles. The molecule has 4 rings (SSSR count). The number of esters is 1. The van der Waals surface area contributed by atoms with E-state index in [2.05, 4.69) is 10.6 Å². The van der Waals surface area contributed by atoms with Gasteiger partial charge in [0.1, 0.15) is 11.4 Å². The van der Waals surface area contributed by atoms with E-state index in [1.165, 1.54) is 13.8 Å². The predicted molar refractivity (Wildman–Crippen MR) is 185 cm³/mol. The van der Waals surface area contributed by atoms with Gasteiger partial charge in [-0.25, -0.2) is 18.0 Å². The number of rotatable bonds is 16. The number of hydrogen-bond acceptors (Lipinski definition) is 9. The number of amides is 2. The van der Waals surface area contributed by atoms with Crippen molar-refractivity contribution < 1.29 is 37.0 Å². The van der Waals surface area contributed by atoms with Gasteiger partial charge in [0, 0.05) is 6.26 Å². The van der Waals surface area contributed by atoms with E-state index >= 15 is 0 Å². The summed E-state index contributed by atoms with van der Waals surface area (Å²) in [6.45, 7) is 6.14. The molecule has 0 bridgehead atoms. The number of benzene rings is 3. The maximum atomic E-state index is 14.2. The zero-order valence-corrected chi connectivity index (χ0v) is 29.5. The summed E-state index contributed by atoms with van der Waals surface area (Å²) in [7, 11) is -4.16. The molecule has 1 aliphatic heterocycles. The number of nitrogens with two attached hydrogens (primary N) is 1. The largest absolute Gasteiger partial charge is 0.459 e. The van der Waals surface area contributed by atoms with Crippen molar-refractivity contribution in [3.05, 3.63) is 108 Å². The minimum atomic E-state index is -4.16. The molecule has 1 saturated heterocycles. The van der Waals surface area contributed by atoms with Gasteiger partial charge in [-0.2, -0.15) is 0 Å². The number of ether oxygens (including phenoxy) is 3. The Labute approximate surface area is 288 Å². The number of hydrogen-bond donors (Lipinski definition) is 3. The zero-order chi connectivity index (χ0) is 35.9. The van der Waals surface area contributed by atoms with Crippen LogP contribution in [0.4, 0.5) is 4.79 Å². The van der Waals surface area contributed by atoms with Crippen LogP contribution in [0.5, 0.6) is 0 Å². The van der Waals surface area contributed by atoms with Gasteiger partial charge in [0.25, 0.3) is 5.91 Å². The molecule has 0 spiro atoms. The second-order valence-corrected chi connectivity index (χ2v) is 15.9. The average Bonchev–Trinajstić information content (AvgIpc) is 3.73. The molecule has 264 valence electrons. The van der Waals surface area contributed by atoms with Gasteiger partial charge in [-0.3, -0.25) is 10.1 Å². The molecule has 4 N–H and O–H groups in total. The van der Waals surface area contributed by atoms with Crippen molar-refractivity contribution in [3.63, 3.8) is 0 Å². The first-order chi connectivity index (χ1) is 23.1. The van der Waals surface area contributed by atoms with E-state index in [9.17, 15) is 22.8 Å². The zero-order valence-electron chi connectivity index (χ0n) is 28.7. The van der Waals surface area contributed by atoms with Crippen LogP contribution in [0.3, 0.4) is 0 Å². The Morgan fingerprint density at radius 3 is 2.02 bits per heavy atom. The number of carbonyl (C=O) groups excluding carboxylic acids is 3. The molecule has 0 saturated carbocycles. The fraction of sp³-hybridized carbons (Fsp3) is 0.432. The predicted octanol–water partition coefficient (Wildman–Crippen LogP) is 4.96. The van der Waals surface area contributed by atoms with E-state index in [4.69, 9.17) is 19.9 Å². The summed E-state index contributed by atoms with van der Waals surface area (Å²) in [5.74, 6) is -4.30. The van der Waals surface area contributed by atoms with Gasteiger partial charge in [0.2, 0.25) is 5.54 Å². The molecule has 12 heteroatoms. The summed E-state index contributed by atoms with van der Waals surface area (Å²) in [6.07, 6.45) is 1.46. The molecule has 1 aliphatic rings. The van der Waals surface area contributed by atoms with E-state index in [0.29, 0.717) is 31.2 Å². The third-order valence-electron chi connectivity index (χ3n) is 8.96. The molecule has 49 heavy (non-hydrogen) atoms. The van der Waals surface area contributed by atoms with Crippen LogP contribution >= 0.6 is 0 Å². The van der Waals surface area contributed by atoms with Crippen LogP contribution in [0.15, 0.2) is 91.0 Å². The molecule has 2 amide bonds. The molecule has 4 atom stereocenters. The first-order valence-electron chi connectivity index (χ1n) is 16.4. The van der Waals surface area contributed by atoms with Crippen molar-refractivity contribution in [2.75, 3.05) is 6.26 Å². The molecule has 11 nitrogen and oxygen atoms in total. The van der Waals surface area contributed by atoms with E-state index in [-0.39, 0.29) is 12.5 Å². The number of sulfone groups is 1. The monoisotopic (exact) mass is 693 g/mol. The van der Waals surface area contributed by atoms with Crippen LogP contribution in [0.2, 0.25) is 0 Å². The summed E-state index contributed by atoms with van der Waals surface area (Å²) in [6, 6.07) is 27.4. The van der Waals surface area contributed by atoms with E-state index in [1.807, 2.05) is 74.5 Å². The second-order valence-electron chi connectivity index (χ2n) is 13.4. The van der Waals surface area contributed by atoms with Gasteiger partial charge in [-0.1, -0.05) is 105 Å². The minimum Gasteiger partial charge on any atom is -0.459 e. The van der Waals surface area contributed by atoms with Crippen LogP contribution in [0.1, 0.15) is 69.7 Å². The molecule has 2 unspecified atom stereocenters. The number of aryl methyl sites for hydroxylation is 1. The molecule has 3 aromatic carbocycles. The summed E-state index contributed by atoms with van der Waals surface area (Å²) in [4.78, 5) is 41.4. The number of alkyl carbamates (subject to hydrolysis) is 1. The van der Waals surface area contributed by atoms with Crippen LogP contribution in [0, 0.1) is 5.92 Å². The SMILES string of the molecule is CC(C)CC(NC(=O)OC1(NC(=O)[C@](N)(C(=O)OCc2ccccc2)C(C)(C)S(C)(=O)=O)O[C@@H]1CCCc1ccccc1)c1ccccc1. The third kappa shape index (κ3) is 9.05. The van der Waals surface area contributed by atoms with Gasteiger partial charge >= 0.3 is 18.0 Å². The van der Waals surface area contributed by atoms with Gasteiger partial charge in [0.05, 0.1) is 6.04 Å². The first-order valence-corrected chi connectivity index (χ1v) is 18.3. The molecule has 3 aromatic rings. The molecular weight excluding hydrogens is 646 g/mol. The topological polar surface area (TPSA) is 166 Å². The summed E-state index contributed by atoms with van der Waals surface area (Å²) in [5.41, 5.74) is 6.32. The second kappa shape index (κ2) is 15.5. The Balaban J connectivity index is 1.60. The lowest BCUT2D eigenvalue weighted by Crippen LogP contribution is -2.74. The Morgan fingerprint density at radius 1 is 0.918 bits per heavy atom. The molecule has 0 radical (unpaired) electrons. The summed E-state index contributed by atoms with van der Waals surface area (Å²) >= 11 is 0. The number of epoxide rings is 1. The van der Waals surface area contributed by atoms with Crippen LogP contribution in [-0.4, -0.2) is 54.9 Å². The van der Waals surface area contributed by atoms with Crippen molar-refractivity contribution in [1.29, 1.82) is 0 Å². The first kappa shape index (κ1) is 37.6. The molecule has 1 fully saturated rings. The smallest absolute Gasteiger partial charge is 0.411 e. The van der Waals surface area contributed by atoms with Crippen molar-refractivity contribution in [1.82, 2.24) is 10.6 Å². The van der Waals surface area contributed by atoms with Crippen LogP contribution in [-0.2, 0) is 46.7 Å². The highest BCUT2D eigenvalue weighted by Crippen LogP contribution is 2.41. The average molecular weight is 694 g/mol. The number of carbonyl (C=O) groups is 3. The fourth-order valence-corrected chi connectivity index (χ4v) is 6.29. The maximum Gasteiger partial charge on any atom is 0.411 e. The Kier molecular flexibility index (Phi) is 11.9. The molecule has 1 heterocycles. The summed E-state index contributed by atoms with van der Waals surface area (Å²) in [5, 5.41) is 5.39. The highest BCUT2D eigenvalue weighted by molar-refractivity contribution is 7.92. The van der Waals surface area contributed by atoms with Crippen LogP contribution < -0.4 is 16.4 Å². The highest BCUT2D eigenvalue weighted by Gasteiger charge is 2.67. The van der Waals surface area contributed by atoms with E-state index < -0.39 is 56.1 Å². The molecule has 0 aromatic heterocycles. The van der Waals surface area contributed by atoms with Crippen molar-refractivity contribution >= 4 is 27.8 Å². The fourth-order valence-electron chi connectivity index (χ4n) is 5.53. The third-order valence-corrected chi connectivity index (χ3v) is 11.1. The quantitative estimate of drug-likeness (QED) is 0.0814. The normalized spacial score (nSPS) is 19.3. The van der Waals surface area contributed by atoms with Gasteiger partial charge in [-0.05, 0) is 62.1 Å². The van der Waals surface area contributed by atoms with E-state index in [1.54, 1.807) is 30.3 Å². The standard InChI is InChI=1S/C37H47N3O8S/c1-26(2)24-30(29-21-13-8-14-22-29)39-34(43)48-37(31(47-37)23-15-20-27-16-9-6-10-17-27)40-32(41)36(38,35(3,4)49(5,44)45)33(42)46-25-28-18-11-7-12-19-28/h6-14,16-19,21-22,26,30-31H,15,20,23-25,38H2,1-5H3,(H,39,43)(H,40,41)/t30?,31-,36+,37?/m1/s1. The lowest BCUT2D eigenvalue weighted by Gasteiger charge is -2.39. The Morgan fingerprint density at radius 2 is 1.47 bits per heavy atom.